The fourth-order valence-corrected chi connectivity index (χ4v) is 2.03. The zero-order valence-corrected chi connectivity index (χ0v) is 12.5. The van der Waals surface area contributed by atoms with Gasteiger partial charge in [0, 0.05) is 16.7 Å². The van der Waals surface area contributed by atoms with Gasteiger partial charge in [-0.05, 0) is 35.9 Å². The Hall–Kier alpha value is -2.44. The Morgan fingerprint density at radius 3 is 2.38 bits per heavy atom. The van der Waals surface area contributed by atoms with Crippen LogP contribution in [0.5, 0.6) is 11.5 Å². The quantitative estimate of drug-likeness (QED) is 0.620. The standard InChI is InChI=1S/C17H14ClNO2/c1-20-16-8-5-13(17(10-16)21-2)9-14(11-19)12-3-6-15(18)7-4-12/h3-10H,1-2H3/b14-9+. The maximum atomic E-state index is 9.36. The average Bonchev–Trinajstić information content (AvgIpc) is 2.53. The van der Waals surface area contributed by atoms with Gasteiger partial charge >= 0.3 is 0 Å². The van der Waals surface area contributed by atoms with Gasteiger partial charge in [-0.1, -0.05) is 23.7 Å². The van der Waals surface area contributed by atoms with Gasteiger partial charge < -0.3 is 9.47 Å². The Balaban J connectivity index is 2.45. The first kappa shape index (κ1) is 15.0. The molecule has 0 aliphatic heterocycles. The highest BCUT2D eigenvalue weighted by Crippen LogP contribution is 2.28. The van der Waals surface area contributed by atoms with Crippen LogP contribution in [0.1, 0.15) is 11.1 Å². The smallest absolute Gasteiger partial charge is 0.129 e. The zero-order chi connectivity index (χ0) is 15.2. The number of methoxy groups -OCH3 is 2. The van der Waals surface area contributed by atoms with E-state index in [9.17, 15) is 5.26 Å². The second kappa shape index (κ2) is 6.83. The van der Waals surface area contributed by atoms with Crippen LogP contribution < -0.4 is 9.47 Å². The first-order valence-electron chi connectivity index (χ1n) is 6.27. The third-order valence-corrected chi connectivity index (χ3v) is 3.27. The third kappa shape index (κ3) is 3.56. The molecular formula is C17H14ClNO2. The molecule has 2 aromatic rings. The van der Waals surface area contributed by atoms with Gasteiger partial charge in [-0.15, -0.1) is 0 Å². The van der Waals surface area contributed by atoms with Gasteiger partial charge in [0.25, 0.3) is 0 Å². The number of benzene rings is 2. The van der Waals surface area contributed by atoms with Gasteiger partial charge in [0.15, 0.2) is 0 Å². The Kier molecular flexibility index (Phi) is 4.86. The van der Waals surface area contributed by atoms with Crippen molar-refractivity contribution in [1.82, 2.24) is 0 Å². The SMILES string of the molecule is COc1ccc(/C=C(\C#N)c2ccc(Cl)cc2)c(OC)c1. The molecular weight excluding hydrogens is 286 g/mol. The number of nitrogens with zero attached hydrogens (tertiary/aromatic N) is 1. The first-order chi connectivity index (χ1) is 10.2. The van der Waals surface area contributed by atoms with Crippen molar-refractivity contribution < 1.29 is 9.47 Å². The van der Waals surface area contributed by atoms with Crippen molar-refractivity contribution in [2.75, 3.05) is 14.2 Å². The van der Waals surface area contributed by atoms with Crippen LogP contribution in [-0.2, 0) is 0 Å². The van der Waals surface area contributed by atoms with Gasteiger partial charge in [0.05, 0.1) is 25.9 Å². The summed E-state index contributed by atoms with van der Waals surface area (Å²) >= 11 is 5.86. The molecule has 0 saturated heterocycles. The van der Waals surface area contributed by atoms with Crippen LogP contribution in [0, 0.1) is 11.3 Å². The minimum Gasteiger partial charge on any atom is -0.497 e. The summed E-state index contributed by atoms with van der Waals surface area (Å²) < 4.78 is 10.5. The predicted molar refractivity (Wildman–Crippen MR) is 84.5 cm³/mol. The minimum absolute atomic E-state index is 0.537. The fourth-order valence-electron chi connectivity index (χ4n) is 1.90. The third-order valence-electron chi connectivity index (χ3n) is 3.02. The summed E-state index contributed by atoms with van der Waals surface area (Å²) in [5.74, 6) is 1.35. The molecule has 0 unspecified atom stereocenters. The summed E-state index contributed by atoms with van der Waals surface area (Å²) in [6.07, 6.45) is 1.78. The van der Waals surface area contributed by atoms with E-state index in [-0.39, 0.29) is 0 Å². The zero-order valence-electron chi connectivity index (χ0n) is 11.8. The highest BCUT2D eigenvalue weighted by atomic mass is 35.5. The molecule has 0 bridgehead atoms. The molecule has 0 aliphatic carbocycles. The number of hydrogen-bond donors (Lipinski definition) is 0. The molecule has 3 nitrogen and oxygen atoms in total. The largest absolute Gasteiger partial charge is 0.497 e. The van der Waals surface area contributed by atoms with Crippen molar-refractivity contribution in [2.24, 2.45) is 0 Å². The molecule has 0 heterocycles. The van der Waals surface area contributed by atoms with Crippen molar-refractivity contribution in [3.8, 4) is 17.6 Å². The molecule has 0 amide bonds. The lowest BCUT2D eigenvalue weighted by Crippen LogP contribution is -1.90. The van der Waals surface area contributed by atoms with Gasteiger partial charge in [-0.3, -0.25) is 0 Å². The fraction of sp³-hybridized carbons (Fsp3) is 0.118. The normalized spacial score (nSPS) is 10.9. The van der Waals surface area contributed by atoms with Crippen LogP contribution in [0.25, 0.3) is 11.6 Å². The molecule has 2 rings (SSSR count). The van der Waals surface area contributed by atoms with Crippen molar-refractivity contribution >= 4 is 23.3 Å². The van der Waals surface area contributed by atoms with Crippen molar-refractivity contribution in [3.63, 3.8) is 0 Å². The molecule has 0 fully saturated rings. The molecule has 2 aromatic carbocycles. The molecule has 0 atom stereocenters. The van der Waals surface area contributed by atoms with Crippen LogP contribution in [0.3, 0.4) is 0 Å². The first-order valence-corrected chi connectivity index (χ1v) is 6.65. The predicted octanol–water partition coefficient (Wildman–Crippen LogP) is 4.42. The van der Waals surface area contributed by atoms with E-state index in [4.69, 9.17) is 21.1 Å². The van der Waals surface area contributed by atoms with Crippen molar-refractivity contribution in [3.05, 3.63) is 58.6 Å². The molecule has 4 heteroatoms. The Morgan fingerprint density at radius 1 is 1.10 bits per heavy atom. The molecule has 0 radical (unpaired) electrons. The van der Waals surface area contributed by atoms with Gasteiger partial charge in [0.1, 0.15) is 11.5 Å². The van der Waals surface area contributed by atoms with Crippen molar-refractivity contribution in [2.45, 2.75) is 0 Å². The minimum atomic E-state index is 0.537. The van der Waals surface area contributed by atoms with E-state index < -0.39 is 0 Å². The molecule has 21 heavy (non-hydrogen) atoms. The maximum Gasteiger partial charge on any atom is 0.129 e. The number of halogens is 1. The maximum absolute atomic E-state index is 9.36. The lowest BCUT2D eigenvalue weighted by Gasteiger charge is -2.08. The van der Waals surface area contributed by atoms with E-state index >= 15 is 0 Å². The van der Waals surface area contributed by atoms with Crippen LogP contribution in [-0.4, -0.2) is 14.2 Å². The highest BCUT2D eigenvalue weighted by Gasteiger charge is 2.06. The lowest BCUT2D eigenvalue weighted by molar-refractivity contribution is 0.394. The molecule has 0 spiro atoms. The second-order valence-electron chi connectivity index (χ2n) is 4.28. The number of nitriles is 1. The topological polar surface area (TPSA) is 42.2 Å². The highest BCUT2D eigenvalue weighted by molar-refractivity contribution is 6.30. The van der Waals surface area contributed by atoms with Crippen LogP contribution in [0.4, 0.5) is 0 Å². The monoisotopic (exact) mass is 299 g/mol. The summed E-state index contributed by atoms with van der Waals surface area (Å²) in [6, 6.07) is 14.8. The molecule has 0 saturated carbocycles. The van der Waals surface area contributed by atoms with Crippen LogP contribution >= 0.6 is 11.6 Å². The van der Waals surface area contributed by atoms with Gasteiger partial charge in [-0.2, -0.15) is 5.26 Å². The summed E-state index contributed by atoms with van der Waals surface area (Å²) in [7, 11) is 3.18. The summed E-state index contributed by atoms with van der Waals surface area (Å²) in [6.45, 7) is 0. The Bertz CT molecular complexity index is 700. The van der Waals surface area contributed by atoms with Crippen LogP contribution in [0.15, 0.2) is 42.5 Å². The number of rotatable bonds is 4. The van der Waals surface area contributed by atoms with E-state index in [1.54, 1.807) is 38.5 Å². The second-order valence-corrected chi connectivity index (χ2v) is 4.72. The lowest BCUT2D eigenvalue weighted by atomic mass is 10.0. The Labute approximate surface area is 129 Å². The number of hydrogen-bond acceptors (Lipinski definition) is 3. The van der Waals surface area contributed by atoms with E-state index in [0.29, 0.717) is 22.1 Å². The Morgan fingerprint density at radius 2 is 1.81 bits per heavy atom. The average molecular weight is 300 g/mol. The van der Waals surface area contributed by atoms with E-state index in [0.717, 1.165) is 11.1 Å². The summed E-state index contributed by atoms with van der Waals surface area (Å²) in [5.41, 5.74) is 2.15. The van der Waals surface area contributed by atoms with E-state index in [1.165, 1.54) is 0 Å². The molecule has 0 N–H and O–H groups in total. The summed E-state index contributed by atoms with van der Waals surface area (Å²) in [4.78, 5) is 0. The number of ether oxygens (including phenoxy) is 2. The van der Waals surface area contributed by atoms with Gasteiger partial charge in [-0.25, -0.2) is 0 Å². The van der Waals surface area contributed by atoms with E-state index in [2.05, 4.69) is 6.07 Å². The molecule has 0 aromatic heterocycles. The van der Waals surface area contributed by atoms with Crippen molar-refractivity contribution in [1.29, 1.82) is 5.26 Å². The molecule has 0 aliphatic rings. The van der Waals surface area contributed by atoms with Crippen LogP contribution in [0.2, 0.25) is 5.02 Å². The van der Waals surface area contributed by atoms with Gasteiger partial charge in [0.2, 0.25) is 0 Å². The molecule has 106 valence electrons. The summed E-state index contributed by atoms with van der Waals surface area (Å²) in [5, 5.41) is 9.99. The van der Waals surface area contributed by atoms with E-state index in [1.807, 2.05) is 24.3 Å². The number of allylic oxidation sites excluding steroid dienone is 1.